The highest BCUT2D eigenvalue weighted by molar-refractivity contribution is 7.91. The first-order valence-electron chi connectivity index (χ1n) is 5.72. The molecule has 0 bridgehead atoms. The minimum atomic E-state index is -2.87. The number of ether oxygens (including phenoxy) is 2. The van der Waals surface area contributed by atoms with Crippen molar-refractivity contribution < 1.29 is 17.9 Å². The Morgan fingerprint density at radius 3 is 2.22 bits per heavy atom. The Morgan fingerprint density at radius 2 is 1.78 bits per heavy atom. The van der Waals surface area contributed by atoms with Gasteiger partial charge in [-0.15, -0.1) is 0 Å². The molecule has 0 radical (unpaired) electrons. The van der Waals surface area contributed by atoms with Crippen LogP contribution in [0.1, 0.15) is 6.42 Å². The molecule has 1 unspecified atom stereocenters. The molecule has 1 aromatic rings. The van der Waals surface area contributed by atoms with Crippen LogP contribution in [0.2, 0.25) is 0 Å². The highest BCUT2D eigenvalue weighted by Crippen LogP contribution is 2.27. The first-order valence-corrected chi connectivity index (χ1v) is 7.54. The number of hydrogen-bond acceptors (Lipinski definition) is 5. The molecule has 0 aliphatic carbocycles. The van der Waals surface area contributed by atoms with E-state index in [1.807, 2.05) is 12.1 Å². The molecule has 0 spiro atoms. The van der Waals surface area contributed by atoms with Crippen LogP contribution in [0.15, 0.2) is 18.2 Å². The van der Waals surface area contributed by atoms with Gasteiger partial charge in [-0.05, 0) is 6.42 Å². The molecule has 0 aromatic heterocycles. The van der Waals surface area contributed by atoms with Gasteiger partial charge in [-0.2, -0.15) is 0 Å². The lowest BCUT2D eigenvalue weighted by atomic mass is 10.2. The van der Waals surface area contributed by atoms with Crippen molar-refractivity contribution in [2.24, 2.45) is 0 Å². The maximum absolute atomic E-state index is 11.4. The molecular weight excluding hydrogens is 254 g/mol. The molecule has 6 heteroatoms. The number of sulfone groups is 1. The Balaban J connectivity index is 2.14. The van der Waals surface area contributed by atoms with Crippen molar-refractivity contribution in [3.05, 3.63) is 18.2 Å². The molecule has 1 aliphatic rings. The normalized spacial score (nSPS) is 21.6. The van der Waals surface area contributed by atoms with Crippen LogP contribution in [0, 0.1) is 0 Å². The lowest BCUT2D eigenvalue weighted by molar-refractivity contribution is 0.394. The van der Waals surface area contributed by atoms with Crippen molar-refractivity contribution in [2.75, 3.05) is 31.0 Å². The fourth-order valence-corrected chi connectivity index (χ4v) is 3.71. The van der Waals surface area contributed by atoms with Gasteiger partial charge in [0, 0.05) is 29.9 Å². The summed E-state index contributed by atoms with van der Waals surface area (Å²) < 4.78 is 33.1. The van der Waals surface area contributed by atoms with Gasteiger partial charge >= 0.3 is 0 Å². The second kappa shape index (κ2) is 5.06. The SMILES string of the molecule is COc1cc(NC2CCS(=O)(=O)C2)cc(OC)c1. The molecule has 1 heterocycles. The number of anilines is 1. The number of rotatable bonds is 4. The minimum Gasteiger partial charge on any atom is -0.497 e. The summed E-state index contributed by atoms with van der Waals surface area (Å²) in [6, 6.07) is 5.39. The van der Waals surface area contributed by atoms with Crippen molar-refractivity contribution in [1.82, 2.24) is 0 Å². The van der Waals surface area contributed by atoms with Crippen molar-refractivity contribution in [1.29, 1.82) is 0 Å². The second-order valence-corrected chi connectivity index (χ2v) is 6.57. The number of methoxy groups -OCH3 is 2. The quantitative estimate of drug-likeness (QED) is 0.894. The minimum absolute atomic E-state index is 0.0354. The zero-order valence-electron chi connectivity index (χ0n) is 10.5. The van der Waals surface area contributed by atoms with Crippen LogP contribution in [0.25, 0.3) is 0 Å². The van der Waals surface area contributed by atoms with Gasteiger partial charge in [-0.25, -0.2) is 8.42 Å². The monoisotopic (exact) mass is 271 g/mol. The molecule has 5 nitrogen and oxygen atoms in total. The number of benzene rings is 1. The van der Waals surface area contributed by atoms with E-state index < -0.39 is 9.84 Å². The number of hydrogen-bond donors (Lipinski definition) is 1. The van der Waals surface area contributed by atoms with Gasteiger partial charge in [0.25, 0.3) is 0 Å². The van der Waals surface area contributed by atoms with E-state index in [1.54, 1.807) is 20.3 Å². The lowest BCUT2D eigenvalue weighted by Gasteiger charge is -2.14. The zero-order chi connectivity index (χ0) is 13.2. The third-order valence-corrected chi connectivity index (χ3v) is 4.72. The first-order chi connectivity index (χ1) is 8.52. The smallest absolute Gasteiger partial charge is 0.152 e. The fraction of sp³-hybridized carbons (Fsp3) is 0.500. The molecule has 0 amide bonds. The molecule has 1 aliphatic heterocycles. The van der Waals surface area contributed by atoms with E-state index in [1.165, 1.54) is 0 Å². The van der Waals surface area contributed by atoms with Crippen LogP contribution in [0.5, 0.6) is 11.5 Å². The van der Waals surface area contributed by atoms with Gasteiger partial charge in [0.2, 0.25) is 0 Å². The molecule has 2 rings (SSSR count). The van der Waals surface area contributed by atoms with Crippen LogP contribution >= 0.6 is 0 Å². The summed E-state index contributed by atoms with van der Waals surface area (Å²) in [5.74, 6) is 1.80. The molecule has 18 heavy (non-hydrogen) atoms. The molecule has 1 aromatic carbocycles. The zero-order valence-corrected chi connectivity index (χ0v) is 11.3. The van der Waals surface area contributed by atoms with E-state index in [2.05, 4.69) is 5.32 Å². The van der Waals surface area contributed by atoms with Crippen molar-refractivity contribution >= 4 is 15.5 Å². The Morgan fingerprint density at radius 1 is 1.17 bits per heavy atom. The third-order valence-electron chi connectivity index (χ3n) is 2.95. The van der Waals surface area contributed by atoms with Crippen LogP contribution in [0.3, 0.4) is 0 Å². The van der Waals surface area contributed by atoms with Crippen LogP contribution < -0.4 is 14.8 Å². The van der Waals surface area contributed by atoms with Crippen molar-refractivity contribution in [3.8, 4) is 11.5 Å². The largest absolute Gasteiger partial charge is 0.497 e. The second-order valence-electron chi connectivity index (χ2n) is 4.35. The van der Waals surface area contributed by atoms with Gasteiger partial charge in [-0.3, -0.25) is 0 Å². The van der Waals surface area contributed by atoms with Gasteiger partial charge in [-0.1, -0.05) is 0 Å². The molecule has 1 N–H and O–H groups in total. The number of nitrogens with one attached hydrogen (secondary N) is 1. The van der Waals surface area contributed by atoms with E-state index >= 15 is 0 Å². The van der Waals surface area contributed by atoms with Crippen LogP contribution in [-0.2, 0) is 9.84 Å². The summed E-state index contributed by atoms with van der Waals surface area (Å²) in [5, 5.41) is 3.21. The Hall–Kier alpha value is -1.43. The summed E-state index contributed by atoms with van der Waals surface area (Å²) >= 11 is 0. The summed E-state index contributed by atoms with van der Waals surface area (Å²) in [6.45, 7) is 0. The van der Waals surface area contributed by atoms with Gasteiger partial charge < -0.3 is 14.8 Å². The standard InChI is InChI=1S/C12H17NO4S/c1-16-11-5-10(6-12(7-11)17-2)13-9-3-4-18(14,15)8-9/h5-7,9,13H,3-4,8H2,1-2H3. The van der Waals surface area contributed by atoms with Gasteiger partial charge in [0.1, 0.15) is 11.5 Å². The van der Waals surface area contributed by atoms with Gasteiger partial charge in [0.15, 0.2) is 9.84 Å². The Bertz CT molecular complexity index is 505. The molecular formula is C12H17NO4S. The summed E-state index contributed by atoms with van der Waals surface area (Å²) in [5.41, 5.74) is 0.813. The lowest BCUT2D eigenvalue weighted by Crippen LogP contribution is -2.20. The molecule has 0 saturated carbocycles. The topological polar surface area (TPSA) is 64.6 Å². The van der Waals surface area contributed by atoms with Crippen molar-refractivity contribution in [3.63, 3.8) is 0 Å². The van der Waals surface area contributed by atoms with E-state index in [0.29, 0.717) is 17.9 Å². The predicted molar refractivity (Wildman–Crippen MR) is 70.2 cm³/mol. The average Bonchev–Trinajstić information content (AvgIpc) is 2.68. The van der Waals surface area contributed by atoms with Crippen molar-refractivity contribution in [2.45, 2.75) is 12.5 Å². The fourth-order valence-electron chi connectivity index (χ4n) is 2.04. The first kappa shape index (κ1) is 13.0. The van der Waals surface area contributed by atoms with E-state index in [4.69, 9.17) is 9.47 Å². The highest BCUT2D eigenvalue weighted by atomic mass is 32.2. The van der Waals surface area contributed by atoms with Crippen LogP contribution in [0.4, 0.5) is 5.69 Å². The average molecular weight is 271 g/mol. The molecule has 100 valence electrons. The van der Waals surface area contributed by atoms with E-state index in [9.17, 15) is 8.42 Å². The maximum Gasteiger partial charge on any atom is 0.152 e. The molecule has 1 saturated heterocycles. The third kappa shape index (κ3) is 3.07. The van der Waals surface area contributed by atoms with Gasteiger partial charge in [0.05, 0.1) is 25.7 Å². The summed E-state index contributed by atoms with van der Waals surface area (Å²) in [6.07, 6.45) is 0.641. The van der Waals surface area contributed by atoms with E-state index in [0.717, 1.165) is 5.69 Å². The highest BCUT2D eigenvalue weighted by Gasteiger charge is 2.27. The summed E-state index contributed by atoms with van der Waals surface area (Å²) in [7, 11) is 0.292. The molecule has 1 atom stereocenters. The molecule has 1 fully saturated rings. The van der Waals surface area contributed by atoms with Crippen LogP contribution in [-0.4, -0.2) is 40.2 Å². The maximum atomic E-state index is 11.4. The predicted octanol–water partition coefficient (Wildman–Crippen LogP) is 1.30. The summed E-state index contributed by atoms with van der Waals surface area (Å²) in [4.78, 5) is 0. The Labute approximate surface area is 107 Å². The Kier molecular flexibility index (Phi) is 3.65. The van der Waals surface area contributed by atoms with E-state index in [-0.39, 0.29) is 17.5 Å².